The molecule has 0 heterocycles. The molecule has 0 aliphatic heterocycles. The van der Waals surface area contributed by atoms with Crippen molar-refractivity contribution in [1.82, 2.24) is 0 Å². The lowest BCUT2D eigenvalue weighted by molar-refractivity contribution is -0.144. The number of nitrogens with two attached hydrogens (primary N) is 1. The SMILES string of the molecule is CCCOC(=O)CC(N)c1cccc(C)c1C. The first-order chi connectivity index (χ1) is 8.06. The summed E-state index contributed by atoms with van der Waals surface area (Å²) in [5, 5.41) is 0. The van der Waals surface area contributed by atoms with Crippen LogP contribution in [-0.2, 0) is 9.53 Å². The normalized spacial score (nSPS) is 12.2. The second-order valence-electron chi connectivity index (χ2n) is 4.32. The van der Waals surface area contributed by atoms with Gasteiger partial charge in [0.15, 0.2) is 0 Å². The first-order valence-electron chi connectivity index (χ1n) is 6.03. The molecule has 2 N–H and O–H groups in total. The highest BCUT2D eigenvalue weighted by Gasteiger charge is 2.14. The predicted octanol–water partition coefficient (Wildman–Crippen LogP) is 2.65. The summed E-state index contributed by atoms with van der Waals surface area (Å²) in [7, 11) is 0. The molecule has 94 valence electrons. The number of carbonyl (C=O) groups excluding carboxylic acids is 1. The summed E-state index contributed by atoms with van der Waals surface area (Å²) in [5.74, 6) is -0.222. The maximum absolute atomic E-state index is 11.5. The number of aryl methyl sites for hydroxylation is 1. The summed E-state index contributed by atoms with van der Waals surface area (Å²) in [4.78, 5) is 11.5. The number of ether oxygens (including phenoxy) is 1. The van der Waals surface area contributed by atoms with Crippen molar-refractivity contribution >= 4 is 5.97 Å². The van der Waals surface area contributed by atoms with Crippen LogP contribution in [0.3, 0.4) is 0 Å². The lowest BCUT2D eigenvalue weighted by atomic mass is 9.96. The van der Waals surface area contributed by atoms with Gasteiger partial charge in [0, 0.05) is 6.04 Å². The predicted molar refractivity (Wildman–Crippen MR) is 68.7 cm³/mol. The topological polar surface area (TPSA) is 52.3 Å². The van der Waals surface area contributed by atoms with Gasteiger partial charge in [-0.1, -0.05) is 25.1 Å². The average Bonchev–Trinajstić information content (AvgIpc) is 2.29. The molecular weight excluding hydrogens is 214 g/mol. The van der Waals surface area contributed by atoms with E-state index < -0.39 is 0 Å². The van der Waals surface area contributed by atoms with Gasteiger partial charge in [0.2, 0.25) is 0 Å². The number of carbonyl (C=O) groups is 1. The first kappa shape index (κ1) is 13.7. The van der Waals surface area contributed by atoms with Crippen LogP contribution in [0.15, 0.2) is 18.2 Å². The quantitative estimate of drug-likeness (QED) is 0.798. The molecule has 0 amide bonds. The highest BCUT2D eigenvalue weighted by Crippen LogP contribution is 2.21. The van der Waals surface area contributed by atoms with E-state index in [1.54, 1.807) is 0 Å². The molecule has 0 bridgehead atoms. The van der Waals surface area contributed by atoms with Crippen molar-refractivity contribution in [3.05, 3.63) is 34.9 Å². The van der Waals surface area contributed by atoms with Crippen molar-refractivity contribution in [2.24, 2.45) is 5.73 Å². The summed E-state index contributed by atoms with van der Waals surface area (Å²) in [6.45, 7) is 6.51. The molecule has 0 radical (unpaired) electrons. The van der Waals surface area contributed by atoms with Gasteiger partial charge in [-0.15, -0.1) is 0 Å². The van der Waals surface area contributed by atoms with E-state index in [-0.39, 0.29) is 18.4 Å². The highest BCUT2D eigenvalue weighted by atomic mass is 16.5. The van der Waals surface area contributed by atoms with Crippen molar-refractivity contribution < 1.29 is 9.53 Å². The van der Waals surface area contributed by atoms with E-state index in [1.807, 2.05) is 39.0 Å². The fraction of sp³-hybridized carbons (Fsp3) is 0.500. The Morgan fingerprint density at radius 1 is 1.41 bits per heavy atom. The van der Waals surface area contributed by atoms with E-state index in [1.165, 1.54) is 5.56 Å². The van der Waals surface area contributed by atoms with Crippen LogP contribution < -0.4 is 5.73 Å². The molecule has 1 rings (SSSR count). The molecule has 1 unspecified atom stereocenters. The van der Waals surface area contributed by atoms with E-state index in [0.29, 0.717) is 6.61 Å². The van der Waals surface area contributed by atoms with Gasteiger partial charge in [-0.25, -0.2) is 0 Å². The van der Waals surface area contributed by atoms with Gasteiger partial charge in [-0.3, -0.25) is 4.79 Å². The Morgan fingerprint density at radius 3 is 2.76 bits per heavy atom. The average molecular weight is 235 g/mol. The minimum atomic E-state index is -0.278. The maximum Gasteiger partial charge on any atom is 0.307 e. The maximum atomic E-state index is 11.5. The Balaban J connectivity index is 2.66. The van der Waals surface area contributed by atoms with Crippen LogP contribution in [0.2, 0.25) is 0 Å². The zero-order chi connectivity index (χ0) is 12.8. The zero-order valence-electron chi connectivity index (χ0n) is 10.8. The number of hydrogen-bond acceptors (Lipinski definition) is 3. The molecule has 0 saturated heterocycles. The van der Waals surface area contributed by atoms with Crippen LogP contribution in [-0.4, -0.2) is 12.6 Å². The summed E-state index contributed by atoms with van der Waals surface area (Å²) in [6, 6.07) is 5.70. The van der Waals surface area contributed by atoms with E-state index in [0.717, 1.165) is 17.5 Å². The molecule has 3 heteroatoms. The van der Waals surface area contributed by atoms with Crippen LogP contribution in [0.1, 0.15) is 42.5 Å². The molecule has 1 atom stereocenters. The van der Waals surface area contributed by atoms with Gasteiger partial charge < -0.3 is 10.5 Å². The monoisotopic (exact) mass is 235 g/mol. The Morgan fingerprint density at radius 2 is 2.12 bits per heavy atom. The van der Waals surface area contributed by atoms with Crippen molar-refractivity contribution in [1.29, 1.82) is 0 Å². The molecule has 0 aliphatic rings. The lowest BCUT2D eigenvalue weighted by Crippen LogP contribution is -2.18. The molecule has 3 nitrogen and oxygen atoms in total. The van der Waals surface area contributed by atoms with Gasteiger partial charge in [-0.2, -0.15) is 0 Å². The summed E-state index contributed by atoms with van der Waals surface area (Å²) in [5.41, 5.74) is 9.41. The van der Waals surface area contributed by atoms with E-state index >= 15 is 0 Å². The van der Waals surface area contributed by atoms with Crippen molar-refractivity contribution in [3.63, 3.8) is 0 Å². The number of benzene rings is 1. The highest BCUT2D eigenvalue weighted by molar-refractivity contribution is 5.70. The fourth-order valence-electron chi connectivity index (χ4n) is 1.74. The van der Waals surface area contributed by atoms with Crippen molar-refractivity contribution in [3.8, 4) is 0 Å². The first-order valence-corrected chi connectivity index (χ1v) is 6.03. The largest absolute Gasteiger partial charge is 0.466 e. The molecule has 0 aromatic heterocycles. The minimum Gasteiger partial charge on any atom is -0.466 e. The van der Waals surface area contributed by atoms with Crippen molar-refractivity contribution in [2.75, 3.05) is 6.61 Å². The smallest absolute Gasteiger partial charge is 0.307 e. The molecule has 0 spiro atoms. The summed E-state index contributed by atoms with van der Waals surface area (Å²) >= 11 is 0. The molecule has 0 saturated carbocycles. The number of esters is 1. The van der Waals surface area contributed by atoms with Crippen LogP contribution >= 0.6 is 0 Å². The molecular formula is C14H21NO2. The minimum absolute atomic E-state index is 0.222. The summed E-state index contributed by atoms with van der Waals surface area (Å²) < 4.78 is 5.03. The van der Waals surface area contributed by atoms with Gasteiger partial charge in [0.1, 0.15) is 0 Å². The molecule has 0 aliphatic carbocycles. The van der Waals surface area contributed by atoms with Crippen LogP contribution in [0.5, 0.6) is 0 Å². The van der Waals surface area contributed by atoms with Crippen LogP contribution in [0, 0.1) is 13.8 Å². The van der Waals surface area contributed by atoms with Crippen molar-refractivity contribution in [2.45, 2.75) is 39.7 Å². The molecule has 1 aromatic rings. The third-order valence-corrected chi connectivity index (χ3v) is 2.90. The second-order valence-corrected chi connectivity index (χ2v) is 4.32. The van der Waals surface area contributed by atoms with E-state index in [4.69, 9.17) is 10.5 Å². The van der Waals surface area contributed by atoms with Gasteiger partial charge >= 0.3 is 5.97 Å². The third-order valence-electron chi connectivity index (χ3n) is 2.90. The third kappa shape index (κ3) is 3.86. The number of rotatable bonds is 5. The Bertz CT molecular complexity index is 388. The Labute approximate surface area is 103 Å². The standard InChI is InChI=1S/C14H21NO2/c1-4-8-17-14(16)9-13(15)12-7-5-6-10(2)11(12)3/h5-7,13H,4,8-9,15H2,1-3H3. The van der Waals surface area contributed by atoms with Gasteiger partial charge in [0.05, 0.1) is 13.0 Å². The molecule has 17 heavy (non-hydrogen) atoms. The van der Waals surface area contributed by atoms with Crippen LogP contribution in [0.25, 0.3) is 0 Å². The summed E-state index contributed by atoms with van der Waals surface area (Å²) in [6.07, 6.45) is 1.08. The molecule has 0 fully saturated rings. The van der Waals surface area contributed by atoms with E-state index in [9.17, 15) is 4.79 Å². The van der Waals surface area contributed by atoms with Gasteiger partial charge in [0.25, 0.3) is 0 Å². The van der Waals surface area contributed by atoms with E-state index in [2.05, 4.69) is 0 Å². The van der Waals surface area contributed by atoms with Gasteiger partial charge in [-0.05, 0) is 37.0 Å². The zero-order valence-corrected chi connectivity index (χ0v) is 10.8. The Kier molecular flexibility index (Phi) is 5.16. The lowest BCUT2D eigenvalue weighted by Gasteiger charge is -2.15. The number of hydrogen-bond donors (Lipinski definition) is 1. The van der Waals surface area contributed by atoms with Crippen LogP contribution in [0.4, 0.5) is 0 Å². The fourth-order valence-corrected chi connectivity index (χ4v) is 1.74. The molecule has 1 aromatic carbocycles. The Hall–Kier alpha value is -1.35. The second kappa shape index (κ2) is 6.40.